The quantitative estimate of drug-likeness (QED) is 0.356. The van der Waals surface area contributed by atoms with Crippen molar-refractivity contribution in [2.75, 3.05) is 36.5 Å². The lowest BCUT2D eigenvalue weighted by Crippen LogP contribution is -2.38. The molecule has 3 aromatic rings. The molecule has 1 saturated heterocycles. The van der Waals surface area contributed by atoms with Gasteiger partial charge in [-0.3, -0.25) is 29.1 Å². The number of hydrogen-bond donors (Lipinski definition) is 1. The molecule has 190 valence electrons. The summed E-state index contributed by atoms with van der Waals surface area (Å²) in [5.74, 6) is -2.01. The molecule has 2 aromatic heterocycles. The average molecular weight is 539 g/mol. The molecule has 37 heavy (non-hydrogen) atoms. The Labute approximate surface area is 222 Å². The van der Waals surface area contributed by atoms with Crippen LogP contribution in [0, 0.1) is 5.92 Å². The number of hydrogen-bond acceptors (Lipinski definition) is 8. The van der Waals surface area contributed by atoms with Gasteiger partial charge >= 0.3 is 5.97 Å². The molecule has 2 aliphatic heterocycles. The van der Waals surface area contributed by atoms with Crippen molar-refractivity contribution >= 4 is 58.0 Å². The minimum Gasteiger partial charge on any atom is -0.464 e. The summed E-state index contributed by atoms with van der Waals surface area (Å²) in [5.41, 5.74) is 1.63. The Kier molecular flexibility index (Phi) is 7.20. The maximum absolute atomic E-state index is 13.1. The molecule has 1 fully saturated rings. The van der Waals surface area contributed by atoms with Gasteiger partial charge in [0.25, 0.3) is 17.7 Å². The molecular weight excluding hydrogens is 516 g/mol. The maximum Gasteiger partial charge on any atom is 0.309 e. The van der Waals surface area contributed by atoms with Crippen LogP contribution in [0.1, 0.15) is 43.2 Å². The van der Waals surface area contributed by atoms with Gasteiger partial charge in [0.1, 0.15) is 6.61 Å². The fourth-order valence-electron chi connectivity index (χ4n) is 4.54. The van der Waals surface area contributed by atoms with Crippen LogP contribution in [0.15, 0.2) is 54.9 Å². The predicted molar refractivity (Wildman–Crippen MR) is 139 cm³/mol. The van der Waals surface area contributed by atoms with E-state index in [2.05, 4.69) is 15.2 Å². The van der Waals surface area contributed by atoms with Crippen LogP contribution in [0.25, 0.3) is 0 Å². The van der Waals surface area contributed by atoms with E-state index in [0.29, 0.717) is 22.1 Å². The standard InChI is InChI=1S/C26H23ClN4O5S/c27-21-5-4-20(37-21)23(32)29-19-3-1-2-18-22(19)25(34)31(24(18)33)14-15-36-26(35)16-8-12-30(13-9-16)17-6-10-28-11-7-17/h1-7,10-11,16H,8-9,12-15H2,(H,29,32). The minimum absolute atomic E-state index is 0.0676. The van der Waals surface area contributed by atoms with Crippen molar-refractivity contribution in [2.24, 2.45) is 5.92 Å². The molecule has 9 nitrogen and oxygen atoms in total. The number of aromatic nitrogens is 1. The molecule has 0 saturated carbocycles. The van der Waals surface area contributed by atoms with Gasteiger partial charge in [-0.05, 0) is 49.2 Å². The van der Waals surface area contributed by atoms with Gasteiger partial charge < -0.3 is 15.0 Å². The van der Waals surface area contributed by atoms with Crippen molar-refractivity contribution in [1.82, 2.24) is 9.88 Å². The van der Waals surface area contributed by atoms with E-state index in [9.17, 15) is 19.2 Å². The first-order valence-corrected chi connectivity index (χ1v) is 13.0. The number of piperidine rings is 1. The zero-order valence-corrected chi connectivity index (χ0v) is 21.3. The van der Waals surface area contributed by atoms with Gasteiger partial charge in [0, 0.05) is 31.2 Å². The van der Waals surface area contributed by atoms with E-state index in [1.165, 1.54) is 6.07 Å². The average Bonchev–Trinajstić information content (AvgIpc) is 3.46. The molecule has 3 amide bonds. The molecule has 1 N–H and O–H groups in total. The Hall–Kier alpha value is -3.76. The van der Waals surface area contributed by atoms with Crippen molar-refractivity contribution in [2.45, 2.75) is 12.8 Å². The normalized spacial score (nSPS) is 15.6. The lowest BCUT2D eigenvalue weighted by molar-refractivity contribution is -0.149. The second-order valence-corrected chi connectivity index (χ2v) is 10.4. The highest BCUT2D eigenvalue weighted by Gasteiger charge is 2.38. The van der Waals surface area contributed by atoms with E-state index in [-0.39, 0.29) is 41.9 Å². The smallest absolute Gasteiger partial charge is 0.309 e. The molecule has 0 radical (unpaired) electrons. The first kappa shape index (κ1) is 24.9. The van der Waals surface area contributed by atoms with Crippen molar-refractivity contribution in [3.05, 3.63) is 75.2 Å². The van der Waals surface area contributed by atoms with Crippen LogP contribution in [0.3, 0.4) is 0 Å². The number of thiophene rings is 1. The minimum atomic E-state index is -0.540. The number of nitrogens with zero attached hydrogens (tertiary/aromatic N) is 3. The highest BCUT2D eigenvalue weighted by atomic mass is 35.5. The first-order chi connectivity index (χ1) is 17.9. The maximum atomic E-state index is 13.1. The Morgan fingerprint density at radius 2 is 1.81 bits per heavy atom. The number of anilines is 2. The fraction of sp³-hybridized carbons (Fsp3) is 0.269. The van der Waals surface area contributed by atoms with E-state index < -0.39 is 17.7 Å². The summed E-state index contributed by atoms with van der Waals surface area (Å²) in [6.07, 6.45) is 4.80. The summed E-state index contributed by atoms with van der Waals surface area (Å²) in [5, 5.41) is 2.70. The molecule has 0 aliphatic carbocycles. The van der Waals surface area contributed by atoms with Crippen molar-refractivity contribution in [3.8, 4) is 0 Å². The van der Waals surface area contributed by atoms with Crippen LogP contribution >= 0.6 is 22.9 Å². The fourth-order valence-corrected chi connectivity index (χ4v) is 5.48. The van der Waals surface area contributed by atoms with E-state index in [4.69, 9.17) is 16.3 Å². The van der Waals surface area contributed by atoms with E-state index in [1.807, 2.05) is 12.1 Å². The third-order valence-electron chi connectivity index (χ3n) is 6.46. The molecule has 1 aromatic carbocycles. The van der Waals surface area contributed by atoms with Crippen LogP contribution in [0.2, 0.25) is 4.34 Å². The Bertz CT molecular complexity index is 1350. The Balaban J connectivity index is 1.16. The number of amides is 3. The van der Waals surface area contributed by atoms with Gasteiger partial charge in [-0.2, -0.15) is 0 Å². The molecule has 4 heterocycles. The van der Waals surface area contributed by atoms with E-state index >= 15 is 0 Å². The number of fused-ring (bicyclic) bond motifs is 1. The predicted octanol–water partition coefficient (Wildman–Crippen LogP) is 4.10. The zero-order valence-electron chi connectivity index (χ0n) is 19.7. The molecule has 5 rings (SSSR count). The monoisotopic (exact) mass is 538 g/mol. The lowest BCUT2D eigenvalue weighted by Gasteiger charge is -2.32. The molecule has 0 spiro atoms. The Morgan fingerprint density at radius 3 is 2.51 bits per heavy atom. The first-order valence-electron chi connectivity index (χ1n) is 11.8. The van der Waals surface area contributed by atoms with Crippen LogP contribution in [0.4, 0.5) is 11.4 Å². The summed E-state index contributed by atoms with van der Waals surface area (Å²) in [6.45, 7) is 1.30. The number of esters is 1. The summed E-state index contributed by atoms with van der Waals surface area (Å²) >= 11 is 7.02. The van der Waals surface area contributed by atoms with Gasteiger partial charge in [0.05, 0.1) is 38.5 Å². The third kappa shape index (κ3) is 5.21. The number of pyridine rings is 1. The second-order valence-electron chi connectivity index (χ2n) is 8.68. The number of imide groups is 1. The number of ether oxygens (including phenoxy) is 1. The second kappa shape index (κ2) is 10.7. The number of benzene rings is 1. The van der Waals surface area contributed by atoms with Gasteiger partial charge in [-0.25, -0.2) is 0 Å². The summed E-state index contributed by atoms with van der Waals surface area (Å²) in [7, 11) is 0. The third-order valence-corrected chi connectivity index (χ3v) is 7.69. The topological polar surface area (TPSA) is 109 Å². The molecule has 11 heteroatoms. The van der Waals surface area contributed by atoms with Crippen LogP contribution in [0.5, 0.6) is 0 Å². The van der Waals surface area contributed by atoms with Gasteiger partial charge in [0.2, 0.25) is 0 Å². The highest BCUT2D eigenvalue weighted by Crippen LogP contribution is 2.31. The van der Waals surface area contributed by atoms with Gasteiger partial charge in [-0.15, -0.1) is 11.3 Å². The lowest BCUT2D eigenvalue weighted by atomic mass is 9.97. The SMILES string of the molecule is O=C(Nc1cccc2c1C(=O)N(CCOC(=O)C1CCN(c3ccncc3)CC1)C2=O)c1ccc(Cl)s1. The van der Waals surface area contributed by atoms with Gasteiger partial charge in [-0.1, -0.05) is 17.7 Å². The largest absolute Gasteiger partial charge is 0.464 e. The summed E-state index contributed by atoms with van der Waals surface area (Å²) in [4.78, 5) is 58.8. The molecule has 2 aliphatic rings. The van der Waals surface area contributed by atoms with E-state index in [0.717, 1.165) is 35.0 Å². The number of carbonyl (C=O) groups is 4. The number of nitrogens with one attached hydrogen (secondary N) is 1. The van der Waals surface area contributed by atoms with Crippen molar-refractivity contribution in [1.29, 1.82) is 0 Å². The molecule has 0 atom stereocenters. The summed E-state index contributed by atoms with van der Waals surface area (Å²) in [6, 6.07) is 11.8. The molecule has 0 bridgehead atoms. The number of carbonyl (C=O) groups excluding carboxylic acids is 4. The highest BCUT2D eigenvalue weighted by molar-refractivity contribution is 7.18. The number of rotatable bonds is 7. The zero-order chi connectivity index (χ0) is 25.9. The Morgan fingerprint density at radius 1 is 1.05 bits per heavy atom. The number of halogens is 1. The van der Waals surface area contributed by atoms with E-state index in [1.54, 1.807) is 36.7 Å². The van der Waals surface area contributed by atoms with Gasteiger partial charge in [0.15, 0.2) is 0 Å². The molecule has 0 unspecified atom stereocenters. The van der Waals surface area contributed by atoms with Crippen LogP contribution in [-0.2, 0) is 9.53 Å². The summed E-state index contributed by atoms with van der Waals surface area (Å²) < 4.78 is 5.91. The van der Waals surface area contributed by atoms with Crippen LogP contribution < -0.4 is 10.2 Å². The van der Waals surface area contributed by atoms with Crippen molar-refractivity contribution < 1.29 is 23.9 Å². The van der Waals surface area contributed by atoms with Crippen LogP contribution in [-0.4, -0.2) is 59.8 Å². The molecular formula is C26H23ClN4O5S. The van der Waals surface area contributed by atoms with Crippen molar-refractivity contribution in [3.63, 3.8) is 0 Å².